The van der Waals surface area contributed by atoms with Crippen LogP contribution < -0.4 is 5.32 Å². The number of carboxylic acid groups (broad SMARTS) is 1. The molecule has 0 spiro atoms. The Balaban J connectivity index is 1.95. The molecule has 2 atom stereocenters. The standard InChI is InChI=1S/C15H18N2O3/c1-10-2-5-12(8-10)17-15(20)13-6-3-11(9-16-13)4-7-14(18)19/h3-4,6-7,9-10,12H,2,5,8H2,1H3,(H,17,20)(H,18,19)/b7-4+. The highest BCUT2D eigenvalue weighted by Gasteiger charge is 2.23. The monoisotopic (exact) mass is 274 g/mol. The van der Waals surface area contributed by atoms with Crippen molar-refractivity contribution in [1.82, 2.24) is 10.3 Å². The molecule has 0 bridgehead atoms. The molecular weight excluding hydrogens is 256 g/mol. The molecule has 1 saturated carbocycles. The van der Waals surface area contributed by atoms with Gasteiger partial charge in [0.15, 0.2) is 0 Å². The van der Waals surface area contributed by atoms with Crippen LogP contribution in [0.5, 0.6) is 0 Å². The fraction of sp³-hybridized carbons (Fsp3) is 0.400. The summed E-state index contributed by atoms with van der Waals surface area (Å²) >= 11 is 0. The largest absolute Gasteiger partial charge is 0.478 e. The summed E-state index contributed by atoms with van der Waals surface area (Å²) in [5, 5.41) is 11.5. The number of aromatic nitrogens is 1. The fourth-order valence-electron chi connectivity index (χ4n) is 2.40. The summed E-state index contributed by atoms with van der Waals surface area (Å²) in [6, 6.07) is 3.53. The zero-order chi connectivity index (χ0) is 14.5. The van der Waals surface area contributed by atoms with E-state index in [1.807, 2.05) is 0 Å². The van der Waals surface area contributed by atoms with Crippen molar-refractivity contribution in [2.24, 2.45) is 5.92 Å². The first-order valence-electron chi connectivity index (χ1n) is 6.72. The average molecular weight is 274 g/mol. The molecule has 1 aromatic heterocycles. The molecule has 5 nitrogen and oxygen atoms in total. The summed E-state index contributed by atoms with van der Waals surface area (Å²) in [6.45, 7) is 2.19. The highest BCUT2D eigenvalue weighted by Crippen LogP contribution is 2.24. The van der Waals surface area contributed by atoms with Crippen molar-refractivity contribution in [3.8, 4) is 0 Å². The second kappa shape index (κ2) is 6.32. The summed E-state index contributed by atoms with van der Waals surface area (Å²) in [6.07, 6.45) is 7.16. The molecule has 1 fully saturated rings. The number of rotatable bonds is 4. The third-order valence-corrected chi connectivity index (χ3v) is 3.47. The SMILES string of the molecule is CC1CCC(NC(=O)c2ccc(/C=C/C(=O)O)cn2)C1. The van der Waals surface area contributed by atoms with Gasteiger partial charge in [0.05, 0.1) is 0 Å². The number of carbonyl (C=O) groups is 2. The Kier molecular flexibility index (Phi) is 4.50. The summed E-state index contributed by atoms with van der Waals surface area (Å²) in [4.78, 5) is 26.5. The van der Waals surface area contributed by atoms with Crippen molar-refractivity contribution in [2.45, 2.75) is 32.2 Å². The third kappa shape index (κ3) is 3.91. The molecule has 1 amide bonds. The lowest BCUT2D eigenvalue weighted by atomic mass is 10.1. The Labute approximate surface area is 117 Å². The van der Waals surface area contributed by atoms with Crippen molar-refractivity contribution in [3.63, 3.8) is 0 Å². The molecule has 0 aliphatic heterocycles. The quantitative estimate of drug-likeness (QED) is 0.824. The van der Waals surface area contributed by atoms with Gasteiger partial charge in [-0.05, 0) is 42.9 Å². The number of amides is 1. The van der Waals surface area contributed by atoms with E-state index in [2.05, 4.69) is 17.2 Å². The van der Waals surface area contributed by atoms with Gasteiger partial charge in [0.25, 0.3) is 5.91 Å². The van der Waals surface area contributed by atoms with E-state index in [9.17, 15) is 9.59 Å². The number of nitrogens with one attached hydrogen (secondary N) is 1. The van der Waals surface area contributed by atoms with Gasteiger partial charge in [0, 0.05) is 18.3 Å². The van der Waals surface area contributed by atoms with Crippen LogP contribution in [0.4, 0.5) is 0 Å². The van der Waals surface area contributed by atoms with Crippen molar-refractivity contribution in [1.29, 1.82) is 0 Å². The van der Waals surface area contributed by atoms with E-state index in [4.69, 9.17) is 5.11 Å². The molecular formula is C15H18N2O3. The molecule has 0 saturated heterocycles. The first-order valence-corrected chi connectivity index (χ1v) is 6.72. The van der Waals surface area contributed by atoms with Gasteiger partial charge in [0.1, 0.15) is 5.69 Å². The number of pyridine rings is 1. The van der Waals surface area contributed by atoms with E-state index >= 15 is 0 Å². The third-order valence-electron chi connectivity index (χ3n) is 3.47. The number of hydrogen-bond acceptors (Lipinski definition) is 3. The molecule has 1 aliphatic carbocycles. The maximum absolute atomic E-state index is 12.0. The highest BCUT2D eigenvalue weighted by atomic mass is 16.4. The Morgan fingerprint density at radius 3 is 2.75 bits per heavy atom. The van der Waals surface area contributed by atoms with E-state index in [1.54, 1.807) is 12.1 Å². The number of aliphatic carboxylic acids is 1. The maximum atomic E-state index is 12.0. The smallest absolute Gasteiger partial charge is 0.328 e. The van der Waals surface area contributed by atoms with E-state index in [0.717, 1.165) is 25.3 Å². The van der Waals surface area contributed by atoms with E-state index in [0.29, 0.717) is 17.2 Å². The molecule has 0 radical (unpaired) electrons. The number of hydrogen-bond donors (Lipinski definition) is 2. The van der Waals surface area contributed by atoms with Gasteiger partial charge >= 0.3 is 5.97 Å². The Bertz CT molecular complexity index is 522. The summed E-state index contributed by atoms with van der Waals surface area (Å²) in [5.74, 6) is -0.517. The minimum absolute atomic E-state index is 0.169. The van der Waals surface area contributed by atoms with Crippen LogP contribution >= 0.6 is 0 Å². The normalized spacial score (nSPS) is 22.1. The van der Waals surface area contributed by atoms with Crippen molar-refractivity contribution < 1.29 is 14.7 Å². The molecule has 2 N–H and O–H groups in total. The van der Waals surface area contributed by atoms with Crippen molar-refractivity contribution in [2.75, 3.05) is 0 Å². The maximum Gasteiger partial charge on any atom is 0.328 e. The van der Waals surface area contributed by atoms with Crippen LogP contribution in [-0.4, -0.2) is 28.0 Å². The predicted octanol–water partition coefficient (Wildman–Crippen LogP) is 2.10. The summed E-state index contributed by atoms with van der Waals surface area (Å²) in [5.41, 5.74) is 1.01. The van der Waals surface area contributed by atoms with Crippen LogP contribution in [-0.2, 0) is 4.79 Å². The van der Waals surface area contributed by atoms with Crippen LogP contribution in [0.25, 0.3) is 6.08 Å². The minimum Gasteiger partial charge on any atom is -0.478 e. The van der Waals surface area contributed by atoms with Crippen LogP contribution in [0.15, 0.2) is 24.4 Å². The molecule has 0 aromatic carbocycles. The molecule has 2 rings (SSSR count). The second-order valence-corrected chi connectivity index (χ2v) is 5.24. The topological polar surface area (TPSA) is 79.3 Å². The zero-order valence-corrected chi connectivity index (χ0v) is 11.4. The lowest BCUT2D eigenvalue weighted by Gasteiger charge is -2.11. The predicted molar refractivity (Wildman–Crippen MR) is 75.2 cm³/mol. The highest BCUT2D eigenvalue weighted by molar-refractivity contribution is 5.92. The summed E-state index contributed by atoms with van der Waals surface area (Å²) < 4.78 is 0. The van der Waals surface area contributed by atoms with E-state index in [-0.39, 0.29) is 11.9 Å². The first kappa shape index (κ1) is 14.2. The van der Waals surface area contributed by atoms with Gasteiger partial charge in [-0.3, -0.25) is 9.78 Å². The van der Waals surface area contributed by atoms with Gasteiger partial charge < -0.3 is 10.4 Å². The average Bonchev–Trinajstić information content (AvgIpc) is 2.82. The van der Waals surface area contributed by atoms with Gasteiger partial charge in [-0.1, -0.05) is 13.0 Å². The lowest BCUT2D eigenvalue weighted by molar-refractivity contribution is -0.131. The first-order chi connectivity index (χ1) is 9.54. The van der Waals surface area contributed by atoms with Gasteiger partial charge in [-0.2, -0.15) is 0 Å². The second-order valence-electron chi connectivity index (χ2n) is 5.24. The molecule has 2 unspecified atom stereocenters. The molecule has 1 aliphatic rings. The number of carboxylic acids is 1. The molecule has 20 heavy (non-hydrogen) atoms. The number of nitrogens with zero attached hydrogens (tertiary/aromatic N) is 1. The fourth-order valence-corrected chi connectivity index (χ4v) is 2.40. The van der Waals surface area contributed by atoms with Crippen molar-refractivity contribution >= 4 is 18.0 Å². The van der Waals surface area contributed by atoms with Crippen molar-refractivity contribution in [3.05, 3.63) is 35.7 Å². The lowest BCUT2D eigenvalue weighted by Crippen LogP contribution is -2.33. The minimum atomic E-state index is -1.01. The molecule has 1 heterocycles. The molecule has 106 valence electrons. The summed E-state index contributed by atoms with van der Waals surface area (Å²) in [7, 11) is 0. The Morgan fingerprint density at radius 2 is 2.20 bits per heavy atom. The van der Waals surface area contributed by atoms with Gasteiger partial charge in [0.2, 0.25) is 0 Å². The molecule has 1 aromatic rings. The van der Waals surface area contributed by atoms with Gasteiger partial charge in [-0.25, -0.2) is 4.79 Å². The van der Waals surface area contributed by atoms with Crippen LogP contribution in [0.1, 0.15) is 42.2 Å². The van der Waals surface area contributed by atoms with Crippen LogP contribution in [0.2, 0.25) is 0 Å². The zero-order valence-electron chi connectivity index (χ0n) is 11.4. The van der Waals surface area contributed by atoms with E-state index in [1.165, 1.54) is 12.3 Å². The molecule has 5 heteroatoms. The Morgan fingerprint density at radius 1 is 1.40 bits per heavy atom. The number of carbonyl (C=O) groups excluding carboxylic acids is 1. The Hall–Kier alpha value is -2.17. The van der Waals surface area contributed by atoms with Crippen LogP contribution in [0.3, 0.4) is 0 Å². The van der Waals surface area contributed by atoms with Gasteiger partial charge in [-0.15, -0.1) is 0 Å². The van der Waals surface area contributed by atoms with Crippen LogP contribution in [0, 0.1) is 5.92 Å². The van der Waals surface area contributed by atoms with E-state index < -0.39 is 5.97 Å².